The number of hydrogen-bond donors (Lipinski definition) is 3. The van der Waals surface area contributed by atoms with Crippen molar-refractivity contribution in [3.8, 4) is 28.6 Å². The summed E-state index contributed by atoms with van der Waals surface area (Å²) in [5.41, 5.74) is 3.97. The summed E-state index contributed by atoms with van der Waals surface area (Å²) >= 11 is 6.48. The first-order chi connectivity index (χ1) is 19.0. The van der Waals surface area contributed by atoms with Crippen LogP contribution in [0, 0.1) is 11.3 Å². The summed E-state index contributed by atoms with van der Waals surface area (Å²) in [7, 11) is 1.30. The molecule has 0 bridgehead atoms. The maximum atomic E-state index is 12.6. The summed E-state index contributed by atoms with van der Waals surface area (Å²) in [6.07, 6.45) is 1.66. The van der Waals surface area contributed by atoms with Gasteiger partial charge in [0, 0.05) is 22.2 Å². The zero-order valence-corrected chi connectivity index (χ0v) is 21.3. The van der Waals surface area contributed by atoms with Gasteiger partial charge in [0.25, 0.3) is 0 Å². The SMILES string of the molecule is COC(=O)c1ccc(NC(=O)CNc2nc(-c3ccccc3)c(-c3cc(Cl)c4[nH]ncc4c3)nc2C#N)cc1. The van der Waals surface area contributed by atoms with Crippen LogP contribution < -0.4 is 10.6 Å². The van der Waals surface area contributed by atoms with Gasteiger partial charge in [-0.15, -0.1) is 0 Å². The number of nitrogens with one attached hydrogen (secondary N) is 3. The minimum Gasteiger partial charge on any atom is -0.465 e. The van der Waals surface area contributed by atoms with Crippen LogP contribution in [0.4, 0.5) is 11.5 Å². The Morgan fingerprint density at radius 3 is 2.49 bits per heavy atom. The molecule has 192 valence electrons. The van der Waals surface area contributed by atoms with Crippen molar-refractivity contribution in [2.45, 2.75) is 0 Å². The number of esters is 1. The number of ether oxygens (including phenoxy) is 1. The minimum atomic E-state index is -0.471. The number of nitriles is 1. The lowest BCUT2D eigenvalue weighted by molar-refractivity contribution is -0.114. The number of carbonyl (C=O) groups is 2. The molecule has 0 aliphatic rings. The van der Waals surface area contributed by atoms with Gasteiger partial charge in [-0.2, -0.15) is 10.4 Å². The molecule has 0 radical (unpaired) electrons. The number of halogens is 1. The number of rotatable bonds is 7. The molecule has 3 aromatic carbocycles. The van der Waals surface area contributed by atoms with Gasteiger partial charge >= 0.3 is 5.97 Å². The van der Waals surface area contributed by atoms with Crippen LogP contribution in [0.1, 0.15) is 16.1 Å². The van der Waals surface area contributed by atoms with Crippen LogP contribution >= 0.6 is 11.6 Å². The van der Waals surface area contributed by atoms with Gasteiger partial charge in [-0.3, -0.25) is 9.89 Å². The van der Waals surface area contributed by atoms with E-state index in [-0.39, 0.29) is 24.0 Å². The topological polar surface area (TPSA) is 146 Å². The van der Waals surface area contributed by atoms with Crippen LogP contribution in [0.3, 0.4) is 0 Å². The molecule has 0 aliphatic heterocycles. The summed E-state index contributed by atoms with van der Waals surface area (Å²) < 4.78 is 4.68. The van der Waals surface area contributed by atoms with Crippen molar-refractivity contribution in [2.75, 3.05) is 24.3 Å². The summed E-state index contributed by atoms with van der Waals surface area (Å²) in [6, 6.07) is 21.3. The predicted octanol–water partition coefficient (Wildman–Crippen LogP) is 5.05. The van der Waals surface area contributed by atoms with E-state index < -0.39 is 5.97 Å². The lowest BCUT2D eigenvalue weighted by Crippen LogP contribution is -2.23. The minimum absolute atomic E-state index is 0.0170. The van der Waals surface area contributed by atoms with E-state index in [4.69, 9.17) is 16.6 Å². The fraction of sp³-hybridized carbons (Fsp3) is 0.0714. The molecule has 5 aromatic rings. The van der Waals surface area contributed by atoms with Crippen molar-refractivity contribution >= 4 is 45.9 Å². The van der Waals surface area contributed by atoms with E-state index in [0.29, 0.717) is 38.7 Å². The fourth-order valence-corrected chi connectivity index (χ4v) is 4.23. The van der Waals surface area contributed by atoms with E-state index in [9.17, 15) is 14.9 Å². The highest BCUT2D eigenvalue weighted by Gasteiger charge is 2.19. The summed E-state index contributed by atoms with van der Waals surface area (Å²) in [6.45, 7) is -0.178. The summed E-state index contributed by atoms with van der Waals surface area (Å²) in [4.78, 5) is 33.6. The quantitative estimate of drug-likeness (QED) is 0.244. The third-order valence-corrected chi connectivity index (χ3v) is 6.13. The Kier molecular flexibility index (Phi) is 7.16. The van der Waals surface area contributed by atoms with Crippen LogP contribution in [0.2, 0.25) is 5.02 Å². The van der Waals surface area contributed by atoms with Crippen LogP contribution in [0.5, 0.6) is 0 Å². The first kappa shape index (κ1) is 25.4. The number of fused-ring (bicyclic) bond motifs is 1. The van der Waals surface area contributed by atoms with Gasteiger partial charge in [-0.1, -0.05) is 41.9 Å². The Hall–Kier alpha value is -5.27. The molecule has 39 heavy (non-hydrogen) atoms. The van der Waals surface area contributed by atoms with Gasteiger partial charge in [0.15, 0.2) is 11.5 Å². The Labute approximate surface area is 227 Å². The second-order valence-corrected chi connectivity index (χ2v) is 8.77. The molecule has 2 heterocycles. The highest BCUT2D eigenvalue weighted by Crippen LogP contribution is 2.35. The maximum absolute atomic E-state index is 12.6. The highest BCUT2D eigenvalue weighted by atomic mass is 35.5. The number of H-pyrrole nitrogens is 1. The number of aromatic amines is 1. The molecule has 0 unspecified atom stereocenters. The van der Waals surface area contributed by atoms with Crippen molar-refractivity contribution in [3.63, 3.8) is 0 Å². The molecule has 0 aliphatic carbocycles. The lowest BCUT2D eigenvalue weighted by atomic mass is 10.0. The molecule has 0 fully saturated rings. The van der Waals surface area contributed by atoms with Crippen molar-refractivity contribution in [1.82, 2.24) is 20.2 Å². The van der Waals surface area contributed by atoms with Gasteiger partial charge in [0.05, 0.1) is 47.3 Å². The van der Waals surface area contributed by atoms with Crippen molar-refractivity contribution in [1.29, 1.82) is 5.26 Å². The van der Waals surface area contributed by atoms with E-state index in [1.54, 1.807) is 36.5 Å². The zero-order chi connectivity index (χ0) is 27.4. The molecule has 10 nitrogen and oxygen atoms in total. The van der Waals surface area contributed by atoms with Gasteiger partial charge in [0.1, 0.15) is 6.07 Å². The average Bonchev–Trinajstić information content (AvgIpc) is 3.45. The smallest absolute Gasteiger partial charge is 0.337 e. The first-order valence-electron chi connectivity index (χ1n) is 11.7. The number of anilines is 2. The monoisotopic (exact) mass is 537 g/mol. The van der Waals surface area contributed by atoms with E-state index >= 15 is 0 Å². The molecular weight excluding hydrogens is 518 g/mol. The van der Waals surface area contributed by atoms with Gasteiger partial charge in [0.2, 0.25) is 5.91 Å². The largest absolute Gasteiger partial charge is 0.465 e. The fourth-order valence-electron chi connectivity index (χ4n) is 3.96. The number of methoxy groups -OCH3 is 1. The standard InChI is InChI=1S/C28H20ClN7O3/c1-39-28(38)17-7-9-20(10-8-17)33-23(37)15-31-27-22(13-30)34-26(25(35-27)16-5-3-2-4-6-16)18-11-19-14-32-36-24(19)21(29)12-18/h2-12,14H,15H2,1H3,(H,31,35)(H,32,36)(H,33,37). The normalized spacial score (nSPS) is 10.6. The van der Waals surface area contributed by atoms with Crippen LogP contribution in [-0.4, -0.2) is 45.7 Å². The number of benzene rings is 3. The lowest BCUT2D eigenvalue weighted by Gasteiger charge is -2.14. The van der Waals surface area contributed by atoms with Gasteiger partial charge in [-0.05, 0) is 36.4 Å². The molecule has 5 rings (SSSR count). The summed E-state index contributed by atoms with van der Waals surface area (Å²) in [5, 5.41) is 23.7. The van der Waals surface area contributed by atoms with Crippen molar-refractivity contribution in [3.05, 3.63) is 89.2 Å². The van der Waals surface area contributed by atoms with Gasteiger partial charge < -0.3 is 15.4 Å². The molecule has 11 heteroatoms. The average molecular weight is 538 g/mol. The van der Waals surface area contributed by atoms with E-state index in [2.05, 4.69) is 36.6 Å². The zero-order valence-electron chi connectivity index (χ0n) is 20.5. The van der Waals surface area contributed by atoms with E-state index in [0.717, 1.165) is 10.9 Å². The molecular formula is C28H20ClN7O3. The molecule has 2 aromatic heterocycles. The molecule has 1 amide bonds. The third-order valence-electron chi connectivity index (χ3n) is 5.83. The second-order valence-electron chi connectivity index (χ2n) is 8.36. The number of carbonyl (C=O) groups excluding carboxylic acids is 2. The van der Waals surface area contributed by atoms with Crippen LogP contribution in [-0.2, 0) is 9.53 Å². The number of hydrogen-bond acceptors (Lipinski definition) is 8. The molecule has 0 spiro atoms. The third kappa shape index (κ3) is 5.39. The van der Waals surface area contributed by atoms with Crippen molar-refractivity contribution in [2.24, 2.45) is 0 Å². The number of amides is 1. The Morgan fingerprint density at radius 1 is 1.03 bits per heavy atom. The second kappa shape index (κ2) is 11.0. The van der Waals surface area contributed by atoms with E-state index in [1.807, 2.05) is 36.4 Å². The molecule has 3 N–H and O–H groups in total. The highest BCUT2D eigenvalue weighted by molar-refractivity contribution is 6.35. The van der Waals surface area contributed by atoms with Crippen LogP contribution in [0.15, 0.2) is 72.9 Å². The molecule has 0 saturated heterocycles. The Balaban J connectivity index is 1.44. The molecule has 0 saturated carbocycles. The van der Waals surface area contributed by atoms with E-state index in [1.165, 1.54) is 7.11 Å². The maximum Gasteiger partial charge on any atom is 0.337 e. The first-order valence-corrected chi connectivity index (χ1v) is 12.1. The molecule has 0 atom stereocenters. The summed E-state index contributed by atoms with van der Waals surface area (Å²) in [5.74, 6) is -0.692. The number of aromatic nitrogens is 4. The predicted molar refractivity (Wildman–Crippen MR) is 147 cm³/mol. The van der Waals surface area contributed by atoms with Crippen LogP contribution in [0.25, 0.3) is 33.4 Å². The number of nitrogens with zero attached hydrogens (tertiary/aromatic N) is 4. The Morgan fingerprint density at radius 2 is 1.77 bits per heavy atom. The van der Waals surface area contributed by atoms with Crippen molar-refractivity contribution < 1.29 is 14.3 Å². The van der Waals surface area contributed by atoms with Gasteiger partial charge in [-0.25, -0.2) is 14.8 Å². The Bertz CT molecular complexity index is 1730.